The normalized spacial score (nSPS) is 32.6. The monoisotopic (exact) mass is 228 g/mol. The van der Waals surface area contributed by atoms with Crippen molar-refractivity contribution in [3.8, 4) is 0 Å². The van der Waals surface area contributed by atoms with Crippen LogP contribution in [0.25, 0.3) is 0 Å². The molecule has 0 aromatic heterocycles. The van der Waals surface area contributed by atoms with Gasteiger partial charge >= 0.3 is 0 Å². The molecule has 0 N–H and O–H groups in total. The van der Waals surface area contributed by atoms with E-state index in [9.17, 15) is 0 Å². The minimum atomic E-state index is 0.981. The molecule has 12 heavy (non-hydrogen) atoms. The maximum Gasteiger partial charge on any atom is 0.00314 e. The Kier molecular flexibility index (Phi) is 2.90. The molecule has 1 fully saturated rings. The number of hydrogen-bond donors (Lipinski definition) is 0. The highest BCUT2D eigenvalue weighted by molar-refractivity contribution is 9.09. The van der Waals surface area contributed by atoms with Gasteiger partial charge in [0.2, 0.25) is 0 Å². The summed E-state index contributed by atoms with van der Waals surface area (Å²) in [5, 5.41) is 1.17. The third kappa shape index (κ3) is 1.76. The lowest BCUT2D eigenvalue weighted by molar-refractivity contribution is 0.610. The van der Waals surface area contributed by atoms with Gasteiger partial charge in [0.15, 0.2) is 0 Å². The van der Waals surface area contributed by atoms with Crippen LogP contribution >= 0.6 is 15.9 Å². The average Bonchev–Trinajstić information content (AvgIpc) is 2.65. The Hall–Kier alpha value is 0.220. The number of rotatable bonds is 4. The predicted molar refractivity (Wildman–Crippen MR) is 56.6 cm³/mol. The maximum absolute atomic E-state index is 3.48. The molecule has 68 valence electrons. The SMILES string of the molecule is BrCCCCC1=CC2CCC1C2. The van der Waals surface area contributed by atoms with Crippen LogP contribution in [0.4, 0.5) is 0 Å². The summed E-state index contributed by atoms with van der Waals surface area (Å²) in [6.07, 6.45) is 11.1. The lowest BCUT2D eigenvalue weighted by Crippen LogP contribution is -1.97. The molecule has 2 aliphatic carbocycles. The Labute approximate surface area is 83.6 Å². The van der Waals surface area contributed by atoms with Crippen LogP contribution in [0.3, 0.4) is 0 Å². The summed E-state index contributed by atoms with van der Waals surface area (Å²) >= 11 is 3.48. The number of unbranched alkanes of at least 4 members (excludes halogenated alkanes) is 1. The van der Waals surface area contributed by atoms with Crippen LogP contribution in [0, 0.1) is 11.8 Å². The Morgan fingerprint density at radius 3 is 2.83 bits per heavy atom. The summed E-state index contributed by atoms with van der Waals surface area (Å²) in [7, 11) is 0. The molecule has 0 radical (unpaired) electrons. The first-order valence-electron chi connectivity index (χ1n) is 5.16. The fraction of sp³-hybridized carbons (Fsp3) is 0.818. The van der Waals surface area contributed by atoms with E-state index >= 15 is 0 Å². The highest BCUT2D eigenvalue weighted by Gasteiger charge is 2.31. The Morgan fingerprint density at radius 2 is 2.25 bits per heavy atom. The van der Waals surface area contributed by atoms with Crippen molar-refractivity contribution in [3.05, 3.63) is 11.6 Å². The van der Waals surface area contributed by atoms with Gasteiger partial charge in [-0.15, -0.1) is 0 Å². The lowest BCUT2D eigenvalue weighted by atomic mass is 9.94. The largest absolute Gasteiger partial charge is 0.0928 e. The number of hydrogen-bond acceptors (Lipinski definition) is 0. The summed E-state index contributed by atoms with van der Waals surface area (Å²) in [6, 6.07) is 0. The van der Waals surface area contributed by atoms with Crippen LogP contribution in [0.2, 0.25) is 0 Å². The molecule has 0 nitrogen and oxygen atoms in total. The van der Waals surface area contributed by atoms with Gasteiger partial charge in [0.25, 0.3) is 0 Å². The van der Waals surface area contributed by atoms with Gasteiger partial charge in [-0.2, -0.15) is 0 Å². The van der Waals surface area contributed by atoms with Gasteiger partial charge in [-0.05, 0) is 50.4 Å². The van der Waals surface area contributed by atoms with Crippen LogP contribution in [0.1, 0.15) is 38.5 Å². The van der Waals surface area contributed by atoms with Crippen LogP contribution in [0.5, 0.6) is 0 Å². The van der Waals surface area contributed by atoms with E-state index in [1.165, 1.54) is 43.9 Å². The zero-order chi connectivity index (χ0) is 8.39. The molecule has 0 aliphatic heterocycles. The molecule has 2 aliphatic rings. The molecular weight excluding hydrogens is 212 g/mol. The van der Waals surface area contributed by atoms with Crippen LogP contribution in [0.15, 0.2) is 11.6 Å². The van der Waals surface area contributed by atoms with E-state index in [4.69, 9.17) is 0 Å². The van der Waals surface area contributed by atoms with Crippen molar-refractivity contribution < 1.29 is 0 Å². The molecule has 0 aromatic rings. The molecule has 2 bridgehead atoms. The molecule has 1 heteroatoms. The first-order chi connectivity index (χ1) is 5.90. The van der Waals surface area contributed by atoms with E-state index in [2.05, 4.69) is 22.0 Å². The van der Waals surface area contributed by atoms with Crippen molar-refractivity contribution in [1.82, 2.24) is 0 Å². The summed E-state index contributed by atoms with van der Waals surface area (Å²) in [4.78, 5) is 0. The first-order valence-corrected chi connectivity index (χ1v) is 6.29. The van der Waals surface area contributed by atoms with Gasteiger partial charge < -0.3 is 0 Å². The number of fused-ring (bicyclic) bond motifs is 2. The second-order valence-corrected chi connectivity index (χ2v) is 4.95. The van der Waals surface area contributed by atoms with Crippen LogP contribution in [-0.2, 0) is 0 Å². The minimum absolute atomic E-state index is 0.981. The van der Waals surface area contributed by atoms with E-state index in [1.807, 2.05) is 0 Å². The fourth-order valence-corrected chi connectivity index (χ4v) is 3.05. The van der Waals surface area contributed by atoms with Crippen molar-refractivity contribution >= 4 is 15.9 Å². The van der Waals surface area contributed by atoms with Crippen molar-refractivity contribution in [2.45, 2.75) is 38.5 Å². The van der Waals surface area contributed by atoms with Crippen molar-refractivity contribution in [3.63, 3.8) is 0 Å². The molecule has 2 rings (SSSR count). The van der Waals surface area contributed by atoms with Gasteiger partial charge in [0, 0.05) is 5.33 Å². The standard InChI is InChI=1S/C11H17Br/c12-6-2-1-3-10-7-9-4-5-11(10)8-9/h7,9,11H,1-6,8H2. The van der Waals surface area contributed by atoms with E-state index < -0.39 is 0 Å². The minimum Gasteiger partial charge on any atom is -0.0928 e. The molecule has 0 heterocycles. The van der Waals surface area contributed by atoms with E-state index in [-0.39, 0.29) is 0 Å². The lowest BCUT2D eigenvalue weighted by Gasteiger charge is -2.12. The number of allylic oxidation sites excluding steroid dienone is 2. The Bertz CT molecular complexity index is 183. The van der Waals surface area contributed by atoms with Gasteiger partial charge in [0.1, 0.15) is 0 Å². The summed E-state index contributed by atoms with van der Waals surface area (Å²) in [5.74, 6) is 1.99. The summed E-state index contributed by atoms with van der Waals surface area (Å²) in [5.41, 5.74) is 1.80. The topological polar surface area (TPSA) is 0 Å². The Balaban J connectivity index is 1.78. The molecule has 2 atom stereocenters. The second kappa shape index (κ2) is 3.95. The zero-order valence-corrected chi connectivity index (χ0v) is 9.15. The fourth-order valence-electron chi connectivity index (χ4n) is 2.65. The smallest absolute Gasteiger partial charge is 0.00314 e. The quantitative estimate of drug-likeness (QED) is 0.389. The molecule has 0 aromatic carbocycles. The third-order valence-electron chi connectivity index (χ3n) is 3.30. The number of halogens is 1. The van der Waals surface area contributed by atoms with Crippen LogP contribution < -0.4 is 0 Å². The van der Waals surface area contributed by atoms with E-state index in [1.54, 1.807) is 5.57 Å². The molecule has 0 saturated heterocycles. The van der Waals surface area contributed by atoms with Gasteiger partial charge in [-0.3, -0.25) is 0 Å². The number of alkyl halides is 1. The molecule has 2 unspecified atom stereocenters. The predicted octanol–water partition coefficient (Wildman–Crippen LogP) is 3.91. The van der Waals surface area contributed by atoms with E-state index in [0.717, 1.165) is 11.8 Å². The summed E-state index contributed by atoms with van der Waals surface area (Å²) < 4.78 is 0. The third-order valence-corrected chi connectivity index (χ3v) is 3.86. The Morgan fingerprint density at radius 1 is 1.33 bits per heavy atom. The molecule has 1 saturated carbocycles. The molecule has 0 amide bonds. The zero-order valence-electron chi connectivity index (χ0n) is 7.56. The highest BCUT2D eigenvalue weighted by Crippen LogP contribution is 2.45. The van der Waals surface area contributed by atoms with Crippen LogP contribution in [-0.4, -0.2) is 5.33 Å². The van der Waals surface area contributed by atoms with Gasteiger partial charge in [-0.25, -0.2) is 0 Å². The summed E-state index contributed by atoms with van der Waals surface area (Å²) in [6.45, 7) is 0. The highest BCUT2D eigenvalue weighted by atomic mass is 79.9. The average molecular weight is 229 g/mol. The first kappa shape index (κ1) is 8.80. The van der Waals surface area contributed by atoms with Crippen molar-refractivity contribution in [2.75, 3.05) is 5.33 Å². The molecular formula is C11H17Br. The van der Waals surface area contributed by atoms with Crippen molar-refractivity contribution in [1.29, 1.82) is 0 Å². The van der Waals surface area contributed by atoms with Crippen molar-refractivity contribution in [2.24, 2.45) is 11.8 Å². The van der Waals surface area contributed by atoms with E-state index in [0.29, 0.717) is 0 Å². The maximum atomic E-state index is 3.48. The second-order valence-electron chi connectivity index (χ2n) is 4.16. The van der Waals surface area contributed by atoms with Gasteiger partial charge in [0.05, 0.1) is 0 Å². The van der Waals surface area contributed by atoms with Gasteiger partial charge in [-0.1, -0.05) is 27.6 Å². The molecule has 0 spiro atoms.